The summed E-state index contributed by atoms with van der Waals surface area (Å²) in [7, 11) is 1.78. The highest BCUT2D eigenvalue weighted by Crippen LogP contribution is 2.32. The SMILES string of the molecule is COC1CCC1Cn1nc(C)c2cnc(Nc3cn4ncnc4cc3C)nc21. The Hall–Kier alpha value is -3.07. The van der Waals surface area contributed by atoms with E-state index in [1.54, 1.807) is 11.6 Å². The topological polar surface area (TPSA) is 95.0 Å². The molecule has 0 radical (unpaired) electrons. The number of ether oxygens (including phenoxy) is 1. The Bertz CT molecular complexity index is 1160. The minimum Gasteiger partial charge on any atom is -0.381 e. The molecule has 144 valence electrons. The second-order valence-corrected chi connectivity index (χ2v) is 7.37. The summed E-state index contributed by atoms with van der Waals surface area (Å²) in [5.74, 6) is 1.02. The number of fused-ring (bicyclic) bond motifs is 2. The molecule has 4 heterocycles. The smallest absolute Gasteiger partial charge is 0.229 e. The predicted molar refractivity (Wildman–Crippen MR) is 105 cm³/mol. The van der Waals surface area contributed by atoms with Crippen molar-refractivity contribution in [2.24, 2.45) is 5.92 Å². The zero-order chi connectivity index (χ0) is 19.3. The number of aryl methyl sites for hydroxylation is 2. The van der Waals surface area contributed by atoms with Crippen LogP contribution >= 0.6 is 0 Å². The van der Waals surface area contributed by atoms with Gasteiger partial charge < -0.3 is 10.1 Å². The molecule has 4 aromatic rings. The molecule has 0 aromatic carbocycles. The van der Waals surface area contributed by atoms with Crippen molar-refractivity contribution in [1.82, 2.24) is 34.3 Å². The first kappa shape index (κ1) is 17.1. The standard InChI is InChI=1S/C19H22N8O/c1-11-6-17-21-10-22-26(17)9-15(11)23-19-20-7-14-12(2)25-27(18(14)24-19)8-13-4-5-16(13)28-3/h6-7,9-10,13,16H,4-5,8H2,1-3H3,(H,20,23,24). The lowest BCUT2D eigenvalue weighted by Crippen LogP contribution is -2.36. The fourth-order valence-corrected chi connectivity index (χ4v) is 3.78. The Morgan fingerprint density at radius 2 is 2.14 bits per heavy atom. The number of methoxy groups -OCH3 is 1. The van der Waals surface area contributed by atoms with Crippen LogP contribution in [0.1, 0.15) is 24.1 Å². The van der Waals surface area contributed by atoms with E-state index in [2.05, 4.69) is 25.5 Å². The molecule has 2 unspecified atom stereocenters. The summed E-state index contributed by atoms with van der Waals surface area (Å²) in [5, 5.41) is 13.2. The maximum atomic E-state index is 5.53. The van der Waals surface area contributed by atoms with Crippen LogP contribution in [-0.4, -0.2) is 47.6 Å². The highest BCUT2D eigenvalue weighted by Gasteiger charge is 2.31. The first-order chi connectivity index (χ1) is 13.6. The van der Waals surface area contributed by atoms with Gasteiger partial charge in [0.05, 0.1) is 29.1 Å². The number of anilines is 2. The van der Waals surface area contributed by atoms with Gasteiger partial charge in [-0.25, -0.2) is 19.2 Å². The Kier molecular flexibility index (Phi) is 3.97. The van der Waals surface area contributed by atoms with Crippen molar-refractivity contribution in [3.63, 3.8) is 0 Å². The van der Waals surface area contributed by atoms with Crippen molar-refractivity contribution >= 4 is 28.3 Å². The Labute approximate surface area is 161 Å². The van der Waals surface area contributed by atoms with Crippen LogP contribution in [0.15, 0.2) is 24.8 Å². The normalized spacial score (nSPS) is 19.2. The van der Waals surface area contributed by atoms with Crippen molar-refractivity contribution in [3.05, 3.63) is 36.0 Å². The lowest BCUT2D eigenvalue weighted by atomic mass is 9.82. The largest absolute Gasteiger partial charge is 0.381 e. The third kappa shape index (κ3) is 2.78. The van der Waals surface area contributed by atoms with Gasteiger partial charge in [-0.15, -0.1) is 0 Å². The van der Waals surface area contributed by atoms with E-state index in [9.17, 15) is 0 Å². The Morgan fingerprint density at radius 1 is 1.25 bits per heavy atom. The van der Waals surface area contributed by atoms with E-state index < -0.39 is 0 Å². The summed E-state index contributed by atoms with van der Waals surface area (Å²) in [5.41, 5.74) is 4.53. The van der Waals surface area contributed by atoms with Gasteiger partial charge in [-0.3, -0.25) is 0 Å². The molecule has 0 saturated heterocycles. The average molecular weight is 378 g/mol. The Balaban J connectivity index is 1.48. The van der Waals surface area contributed by atoms with Crippen molar-refractivity contribution in [2.75, 3.05) is 12.4 Å². The predicted octanol–water partition coefficient (Wildman–Crippen LogP) is 2.65. The molecule has 2 atom stereocenters. The lowest BCUT2D eigenvalue weighted by Gasteiger charge is -2.35. The van der Waals surface area contributed by atoms with Gasteiger partial charge in [0.2, 0.25) is 5.95 Å². The quantitative estimate of drug-likeness (QED) is 0.570. The van der Waals surface area contributed by atoms with E-state index in [0.29, 0.717) is 18.0 Å². The second-order valence-electron chi connectivity index (χ2n) is 7.37. The third-order valence-electron chi connectivity index (χ3n) is 5.60. The molecule has 9 nitrogen and oxygen atoms in total. The number of hydrogen-bond donors (Lipinski definition) is 1. The van der Waals surface area contributed by atoms with Crippen LogP contribution in [0.25, 0.3) is 16.7 Å². The first-order valence-electron chi connectivity index (χ1n) is 9.42. The average Bonchev–Trinajstić information content (AvgIpc) is 3.23. The molecule has 1 N–H and O–H groups in total. The van der Waals surface area contributed by atoms with Gasteiger partial charge in [0, 0.05) is 25.8 Å². The van der Waals surface area contributed by atoms with Gasteiger partial charge in [-0.1, -0.05) is 0 Å². The maximum absolute atomic E-state index is 5.53. The van der Waals surface area contributed by atoms with Crippen molar-refractivity contribution in [1.29, 1.82) is 0 Å². The third-order valence-corrected chi connectivity index (χ3v) is 5.60. The van der Waals surface area contributed by atoms with Crippen molar-refractivity contribution in [2.45, 2.75) is 39.3 Å². The fraction of sp³-hybridized carbons (Fsp3) is 0.421. The van der Waals surface area contributed by atoms with E-state index in [0.717, 1.165) is 53.0 Å². The number of aromatic nitrogens is 7. The van der Waals surface area contributed by atoms with Crippen LogP contribution < -0.4 is 5.32 Å². The van der Waals surface area contributed by atoms with Crippen LogP contribution in [0.5, 0.6) is 0 Å². The molecule has 0 amide bonds. The highest BCUT2D eigenvalue weighted by atomic mass is 16.5. The summed E-state index contributed by atoms with van der Waals surface area (Å²) >= 11 is 0. The molecule has 1 aliphatic carbocycles. The van der Waals surface area contributed by atoms with Gasteiger partial charge in [-0.2, -0.15) is 15.2 Å². The lowest BCUT2D eigenvalue weighted by molar-refractivity contribution is -0.0241. The van der Waals surface area contributed by atoms with Gasteiger partial charge in [0.25, 0.3) is 0 Å². The first-order valence-corrected chi connectivity index (χ1v) is 9.42. The monoisotopic (exact) mass is 378 g/mol. The molecular formula is C19H22N8O. The maximum Gasteiger partial charge on any atom is 0.229 e. The molecule has 4 aromatic heterocycles. The summed E-state index contributed by atoms with van der Waals surface area (Å²) in [6.45, 7) is 4.82. The van der Waals surface area contributed by atoms with Crippen LogP contribution in [0.2, 0.25) is 0 Å². The van der Waals surface area contributed by atoms with Gasteiger partial charge in [0.1, 0.15) is 6.33 Å². The molecule has 5 rings (SSSR count). The summed E-state index contributed by atoms with van der Waals surface area (Å²) < 4.78 is 9.25. The summed E-state index contributed by atoms with van der Waals surface area (Å²) in [6.07, 6.45) is 7.86. The zero-order valence-electron chi connectivity index (χ0n) is 16.1. The molecular weight excluding hydrogens is 356 g/mol. The van der Waals surface area contributed by atoms with Crippen LogP contribution in [0, 0.1) is 19.8 Å². The number of hydrogen-bond acceptors (Lipinski definition) is 7. The van der Waals surface area contributed by atoms with Gasteiger partial charge in [0.15, 0.2) is 11.3 Å². The molecule has 0 spiro atoms. The fourth-order valence-electron chi connectivity index (χ4n) is 3.78. The molecule has 1 aliphatic rings. The van der Waals surface area contributed by atoms with E-state index in [-0.39, 0.29) is 0 Å². The van der Waals surface area contributed by atoms with Crippen LogP contribution in [-0.2, 0) is 11.3 Å². The van der Waals surface area contributed by atoms with Gasteiger partial charge >= 0.3 is 0 Å². The minimum atomic E-state index is 0.316. The van der Waals surface area contributed by atoms with E-state index in [1.165, 1.54) is 6.33 Å². The summed E-state index contributed by atoms with van der Waals surface area (Å²) in [6, 6.07) is 1.98. The number of nitrogens with zero attached hydrogens (tertiary/aromatic N) is 7. The number of nitrogens with one attached hydrogen (secondary N) is 1. The van der Waals surface area contributed by atoms with E-state index in [4.69, 9.17) is 9.72 Å². The van der Waals surface area contributed by atoms with Gasteiger partial charge in [-0.05, 0) is 38.3 Å². The van der Waals surface area contributed by atoms with Crippen LogP contribution in [0.3, 0.4) is 0 Å². The van der Waals surface area contributed by atoms with Crippen LogP contribution in [0.4, 0.5) is 11.6 Å². The zero-order valence-corrected chi connectivity index (χ0v) is 16.1. The molecule has 1 fully saturated rings. The molecule has 0 aliphatic heterocycles. The molecule has 9 heteroatoms. The second kappa shape index (κ2) is 6.52. The van der Waals surface area contributed by atoms with Crippen molar-refractivity contribution < 1.29 is 4.74 Å². The van der Waals surface area contributed by atoms with Crippen molar-refractivity contribution in [3.8, 4) is 0 Å². The molecule has 1 saturated carbocycles. The minimum absolute atomic E-state index is 0.316. The number of rotatable bonds is 5. The van der Waals surface area contributed by atoms with E-state index in [1.807, 2.05) is 37.0 Å². The van der Waals surface area contributed by atoms with E-state index >= 15 is 0 Å². The number of pyridine rings is 1. The molecule has 0 bridgehead atoms. The summed E-state index contributed by atoms with van der Waals surface area (Å²) in [4.78, 5) is 13.4. The Morgan fingerprint density at radius 3 is 2.93 bits per heavy atom. The molecule has 28 heavy (non-hydrogen) atoms. The highest BCUT2D eigenvalue weighted by molar-refractivity contribution is 5.78.